The molecule has 0 aliphatic rings. The number of halogens is 1. The fourth-order valence-corrected chi connectivity index (χ4v) is 3.24. The maximum Gasteiger partial charge on any atom is 0.338 e. The number of nitrogens with one attached hydrogen (secondary N) is 1. The molecule has 1 aromatic carbocycles. The highest BCUT2D eigenvalue weighted by atomic mass is 32.2. The molecule has 0 unspecified atom stereocenters. The zero-order valence-corrected chi connectivity index (χ0v) is 11.6. The summed E-state index contributed by atoms with van der Waals surface area (Å²) in [6.45, 7) is 1.28. The van der Waals surface area contributed by atoms with Crippen LogP contribution in [0.15, 0.2) is 22.5 Å². The lowest BCUT2D eigenvalue weighted by Crippen LogP contribution is -2.15. The summed E-state index contributed by atoms with van der Waals surface area (Å²) in [5.41, 5.74) is 0.543. The Labute approximate surface area is 117 Å². The van der Waals surface area contributed by atoms with Crippen LogP contribution in [0.25, 0.3) is 0 Å². The lowest BCUT2D eigenvalue weighted by Gasteiger charge is -2.08. The number of carbonyl (C=O) groups is 1. The van der Waals surface area contributed by atoms with Crippen molar-refractivity contribution in [2.75, 3.05) is 4.72 Å². The van der Waals surface area contributed by atoms with Gasteiger partial charge >= 0.3 is 5.97 Å². The summed E-state index contributed by atoms with van der Waals surface area (Å²) in [7, 11) is -4.05. The second kappa shape index (κ2) is 5.13. The summed E-state index contributed by atoms with van der Waals surface area (Å²) in [6.07, 6.45) is 0. The third-order valence-corrected chi connectivity index (χ3v) is 4.40. The fraction of sp³-hybridized carbons (Fsp3) is 0.100. The summed E-state index contributed by atoms with van der Waals surface area (Å²) in [5, 5.41) is 15.9. The third kappa shape index (κ3) is 2.75. The fourth-order valence-electron chi connectivity index (χ4n) is 1.44. The Morgan fingerprint density at radius 1 is 1.45 bits per heavy atom. The summed E-state index contributed by atoms with van der Waals surface area (Å²) in [5.74, 6) is -2.51. The van der Waals surface area contributed by atoms with Crippen molar-refractivity contribution in [2.24, 2.45) is 0 Å². The maximum absolute atomic E-state index is 13.6. The van der Waals surface area contributed by atoms with E-state index in [9.17, 15) is 17.6 Å². The first-order valence-electron chi connectivity index (χ1n) is 5.13. The van der Waals surface area contributed by atoms with E-state index in [4.69, 9.17) is 5.11 Å². The molecule has 0 atom stereocenters. The second-order valence-corrected chi connectivity index (χ2v) is 6.27. The SMILES string of the molecule is Cc1cc(S(=O)(=O)Nc2nncs2)cc(C(=O)O)c1F. The molecule has 20 heavy (non-hydrogen) atoms. The molecule has 2 N–H and O–H groups in total. The molecule has 0 amide bonds. The zero-order valence-electron chi connectivity index (χ0n) is 9.99. The summed E-state index contributed by atoms with van der Waals surface area (Å²) in [4.78, 5) is 10.5. The Morgan fingerprint density at radius 2 is 2.15 bits per heavy atom. The summed E-state index contributed by atoms with van der Waals surface area (Å²) in [6, 6.07) is 1.80. The number of aromatic nitrogens is 2. The summed E-state index contributed by atoms with van der Waals surface area (Å²) >= 11 is 0.959. The van der Waals surface area contributed by atoms with Gasteiger partial charge in [0, 0.05) is 0 Å². The predicted octanol–water partition coefficient (Wildman–Crippen LogP) is 1.48. The van der Waals surface area contributed by atoms with E-state index in [-0.39, 0.29) is 15.6 Å². The lowest BCUT2D eigenvalue weighted by atomic mass is 10.1. The van der Waals surface area contributed by atoms with Gasteiger partial charge < -0.3 is 5.11 Å². The molecule has 0 aliphatic carbocycles. The van der Waals surface area contributed by atoms with E-state index in [2.05, 4.69) is 14.9 Å². The standard InChI is InChI=1S/C10H8FN3O4S2/c1-5-2-6(3-7(8(5)11)9(15)16)20(17,18)14-10-13-12-4-19-10/h2-4H,1H3,(H,13,14)(H,15,16). The topological polar surface area (TPSA) is 109 Å². The van der Waals surface area contributed by atoms with Crippen LogP contribution in [0.5, 0.6) is 0 Å². The minimum atomic E-state index is -4.05. The van der Waals surface area contributed by atoms with Gasteiger partial charge in [0.15, 0.2) is 0 Å². The van der Waals surface area contributed by atoms with Gasteiger partial charge in [0.2, 0.25) is 5.13 Å². The highest BCUT2D eigenvalue weighted by molar-refractivity contribution is 7.93. The van der Waals surface area contributed by atoms with Gasteiger partial charge in [0.05, 0.1) is 10.5 Å². The van der Waals surface area contributed by atoms with Crippen LogP contribution in [-0.2, 0) is 10.0 Å². The van der Waals surface area contributed by atoms with Crippen molar-refractivity contribution in [2.45, 2.75) is 11.8 Å². The monoisotopic (exact) mass is 317 g/mol. The average Bonchev–Trinajstić information content (AvgIpc) is 2.83. The number of sulfonamides is 1. The van der Waals surface area contributed by atoms with Crippen LogP contribution in [0, 0.1) is 12.7 Å². The van der Waals surface area contributed by atoms with Gasteiger partial charge in [-0.15, -0.1) is 10.2 Å². The molecule has 10 heteroatoms. The quantitative estimate of drug-likeness (QED) is 0.884. The minimum absolute atomic E-state index is 0.0313. The molecule has 0 saturated heterocycles. The van der Waals surface area contributed by atoms with Crippen molar-refractivity contribution in [3.63, 3.8) is 0 Å². The molecule has 2 rings (SSSR count). The van der Waals surface area contributed by atoms with E-state index in [0.29, 0.717) is 0 Å². The normalized spacial score (nSPS) is 11.3. The van der Waals surface area contributed by atoms with Crippen molar-refractivity contribution in [1.29, 1.82) is 0 Å². The largest absolute Gasteiger partial charge is 0.478 e. The van der Waals surface area contributed by atoms with Crippen molar-refractivity contribution in [3.8, 4) is 0 Å². The molecule has 7 nitrogen and oxygen atoms in total. The Hall–Kier alpha value is -2.07. The van der Waals surface area contributed by atoms with Gasteiger partial charge in [-0.05, 0) is 24.6 Å². The molecular weight excluding hydrogens is 309 g/mol. The van der Waals surface area contributed by atoms with Crippen molar-refractivity contribution >= 4 is 32.5 Å². The van der Waals surface area contributed by atoms with Gasteiger partial charge in [0.1, 0.15) is 11.3 Å². The second-order valence-electron chi connectivity index (χ2n) is 3.76. The van der Waals surface area contributed by atoms with Crippen LogP contribution in [-0.4, -0.2) is 29.7 Å². The van der Waals surface area contributed by atoms with Gasteiger partial charge in [-0.3, -0.25) is 4.72 Å². The highest BCUT2D eigenvalue weighted by Gasteiger charge is 2.22. The Morgan fingerprint density at radius 3 is 2.70 bits per heavy atom. The molecule has 0 aliphatic heterocycles. The van der Waals surface area contributed by atoms with Crippen molar-refractivity contribution in [1.82, 2.24) is 10.2 Å². The average molecular weight is 317 g/mol. The molecule has 0 spiro atoms. The third-order valence-electron chi connectivity index (χ3n) is 2.35. The number of anilines is 1. The van der Waals surface area contributed by atoms with E-state index in [1.165, 1.54) is 12.4 Å². The van der Waals surface area contributed by atoms with E-state index >= 15 is 0 Å². The number of aryl methyl sites for hydroxylation is 1. The zero-order chi connectivity index (χ0) is 14.9. The summed E-state index contributed by atoms with van der Waals surface area (Å²) < 4.78 is 39.8. The minimum Gasteiger partial charge on any atom is -0.478 e. The Kier molecular flexibility index (Phi) is 3.68. The van der Waals surface area contributed by atoms with Crippen LogP contribution >= 0.6 is 11.3 Å². The molecule has 0 saturated carbocycles. The Balaban J connectivity index is 2.49. The van der Waals surface area contributed by atoms with Crippen LogP contribution < -0.4 is 4.72 Å². The van der Waals surface area contributed by atoms with E-state index in [1.54, 1.807) is 0 Å². The number of rotatable bonds is 4. The number of aromatic carboxylic acids is 1. The first kappa shape index (κ1) is 14.3. The number of hydrogen-bond donors (Lipinski definition) is 2. The van der Waals surface area contributed by atoms with Crippen molar-refractivity contribution in [3.05, 3.63) is 34.6 Å². The van der Waals surface area contributed by atoms with Crippen LogP contribution in [0.4, 0.5) is 9.52 Å². The van der Waals surface area contributed by atoms with Gasteiger partial charge in [0.25, 0.3) is 10.0 Å². The first-order chi connectivity index (χ1) is 9.31. The van der Waals surface area contributed by atoms with Gasteiger partial charge in [-0.1, -0.05) is 11.3 Å². The predicted molar refractivity (Wildman–Crippen MR) is 68.8 cm³/mol. The van der Waals surface area contributed by atoms with Crippen molar-refractivity contribution < 1.29 is 22.7 Å². The number of nitrogens with zero attached hydrogens (tertiary/aromatic N) is 2. The molecule has 0 bridgehead atoms. The molecule has 2 aromatic rings. The smallest absolute Gasteiger partial charge is 0.338 e. The molecular formula is C10H8FN3O4S2. The maximum atomic E-state index is 13.6. The van der Waals surface area contributed by atoms with Gasteiger partial charge in [-0.25, -0.2) is 17.6 Å². The number of carboxylic acids is 1. The molecule has 0 fully saturated rings. The van der Waals surface area contributed by atoms with E-state index in [0.717, 1.165) is 23.5 Å². The van der Waals surface area contributed by atoms with E-state index in [1.807, 2.05) is 0 Å². The first-order valence-corrected chi connectivity index (χ1v) is 7.50. The molecule has 1 heterocycles. The molecule has 0 radical (unpaired) electrons. The lowest BCUT2D eigenvalue weighted by molar-refractivity contribution is 0.0691. The van der Waals surface area contributed by atoms with Crippen LogP contribution in [0.1, 0.15) is 15.9 Å². The van der Waals surface area contributed by atoms with Crippen LogP contribution in [0.2, 0.25) is 0 Å². The number of benzene rings is 1. The molecule has 106 valence electrons. The highest BCUT2D eigenvalue weighted by Crippen LogP contribution is 2.22. The van der Waals surface area contributed by atoms with E-state index < -0.39 is 27.4 Å². The van der Waals surface area contributed by atoms with Gasteiger partial charge in [-0.2, -0.15) is 0 Å². The number of hydrogen-bond acceptors (Lipinski definition) is 6. The van der Waals surface area contributed by atoms with Crippen LogP contribution in [0.3, 0.4) is 0 Å². The Bertz CT molecular complexity index is 759. The molecule has 1 aromatic heterocycles. The number of carboxylic acid groups (broad SMARTS) is 1.